The summed E-state index contributed by atoms with van der Waals surface area (Å²) in [6.45, 7) is 13.4. The van der Waals surface area contributed by atoms with Crippen LogP contribution in [0.5, 0.6) is 0 Å². The molecule has 0 aromatic carbocycles. The van der Waals surface area contributed by atoms with Crippen molar-refractivity contribution in [2.24, 2.45) is 46.3 Å². The van der Waals surface area contributed by atoms with Crippen LogP contribution in [-0.4, -0.2) is 34.0 Å². The van der Waals surface area contributed by atoms with Crippen molar-refractivity contribution >= 4 is 5.97 Å². The SMILES string of the molecule is CC(=O)O[C@@H]1C[C@H]2[C@@H]3CC[C@H]([C@H](C)CCCC(C)C)[C@]3(C)CC[C@@H]2[C@]2(C)CC[C@H](O)C[C@@]12O. The molecule has 0 radical (unpaired) electrons. The first kappa shape index (κ1) is 25.5. The molecule has 4 saturated carbocycles. The minimum atomic E-state index is -1.12. The number of aliphatic hydroxyl groups excluding tert-OH is 1. The van der Waals surface area contributed by atoms with Gasteiger partial charge < -0.3 is 14.9 Å². The molecular formula is C29H50O4. The normalized spacial score (nSPS) is 48.0. The Morgan fingerprint density at radius 1 is 1.03 bits per heavy atom. The Kier molecular flexibility index (Phi) is 7.04. The predicted molar refractivity (Wildman–Crippen MR) is 131 cm³/mol. The van der Waals surface area contributed by atoms with Crippen molar-refractivity contribution in [3.8, 4) is 0 Å². The monoisotopic (exact) mass is 462 g/mol. The second-order valence-electron chi connectivity index (χ2n) is 13.5. The largest absolute Gasteiger partial charge is 0.459 e. The van der Waals surface area contributed by atoms with Crippen LogP contribution in [0, 0.1) is 46.3 Å². The van der Waals surface area contributed by atoms with Gasteiger partial charge >= 0.3 is 5.97 Å². The number of esters is 1. The van der Waals surface area contributed by atoms with Crippen LogP contribution < -0.4 is 0 Å². The van der Waals surface area contributed by atoms with Crippen LogP contribution in [0.2, 0.25) is 0 Å². The highest BCUT2D eigenvalue weighted by Gasteiger charge is 2.68. The summed E-state index contributed by atoms with van der Waals surface area (Å²) >= 11 is 0. The molecule has 0 heterocycles. The van der Waals surface area contributed by atoms with E-state index < -0.39 is 17.8 Å². The minimum Gasteiger partial charge on any atom is -0.459 e. The Bertz CT molecular complexity index is 720. The number of carbonyl (C=O) groups excluding carboxylic acids is 1. The van der Waals surface area contributed by atoms with E-state index >= 15 is 0 Å². The number of hydrogen-bond donors (Lipinski definition) is 2. The Morgan fingerprint density at radius 2 is 1.76 bits per heavy atom. The predicted octanol–water partition coefficient (Wildman–Crippen LogP) is 6.13. The molecule has 0 saturated heterocycles. The van der Waals surface area contributed by atoms with Crippen LogP contribution in [0.3, 0.4) is 0 Å². The number of carbonyl (C=O) groups is 1. The molecule has 0 bridgehead atoms. The summed E-state index contributed by atoms with van der Waals surface area (Å²) in [6.07, 6.45) is 10.7. The van der Waals surface area contributed by atoms with Crippen LogP contribution in [0.4, 0.5) is 0 Å². The van der Waals surface area contributed by atoms with E-state index in [4.69, 9.17) is 4.74 Å². The van der Waals surface area contributed by atoms with Gasteiger partial charge in [-0.25, -0.2) is 0 Å². The fraction of sp³-hybridized carbons (Fsp3) is 0.966. The summed E-state index contributed by atoms with van der Waals surface area (Å²) in [5.41, 5.74) is -1.05. The van der Waals surface area contributed by atoms with Crippen molar-refractivity contribution in [3.63, 3.8) is 0 Å². The topological polar surface area (TPSA) is 66.8 Å². The molecule has 190 valence electrons. The lowest BCUT2D eigenvalue weighted by molar-refractivity contribution is -0.269. The molecule has 0 spiro atoms. The first-order valence-corrected chi connectivity index (χ1v) is 14.0. The second-order valence-corrected chi connectivity index (χ2v) is 13.5. The highest BCUT2D eigenvalue weighted by Crippen LogP contribution is 2.69. The molecule has 0 aliphatic heterocycles. The van der Waals surface area contributed by atoms with E-state index in [-0.39, 0.29) is 11.4 Å². The lowest BCUT2D eigenvalue weighted by Gasteiger charge is -2.65. The number of rotatable bonds is 6. The van der Waals surface area contributed by atoms with Crippen molar-refractivity contribution < 1.29 is 19.7 Å². The third-order valence-corrected chi connectivity index (χ3v) is 11.3. The number of hydrogen-bond acceptors (Lipinski definition) is 4. The maximum Gasteiger partial charge on any atom is 0.303 e. The van der Waals surface area contributed by atoms with Gasteiger partial charge in [0, 0.05) is 18.8 Å². The maximum atomic E-state index is 12.1. The molecule has 4 fully saturated rings. The molecule has 0 unspecified atom stereocenters. The molecule has 4 aliphatic carbocycles. The Hall–Kier alpha value is -0.610. The van der Waals surface area contributed by atoms with Gasteiger partial charge in [-0.3, -0.25) is 4.79 Å². The van der Waals surface area contributed by atoms with Crippen molar-refractivity contribution in [2.45, 2.75) is 130 Å². The average molecular weight is 463 g/mol. The summed E-state index contributed by atoms with van der Waals surface area (Å²) in [7, 11) is 0. The highest BCUT2D eigenvalue weighted by molar-refractivity contribution is 5.66. The van der Waals surface area contributed by atoms with Gasteiger partial charge in [-0.05, 0) is 85.9 Å². The highest BCUT2D eigenvalue weighted by atomic mass is 16.6. The van der Waals surface area contributed by atoms with E-state index in [1.54, 1.807) is 0 Å². The Morgan fingerprint density at radius 3 is 2.42 bits per heavy atom. The smallest absolute Gasteiger partial charge is 0.303 e. The second kappa shape index (κ2) is 9.12. The molecule has 33 heavy (non-hydrogen) atoms. The van der Waals surface area contributed by atoms with Crippen LogP contribution in [0.25, 0.3) is 0 Å². The standard InChI is InChI=1S/C29H50O4/c1-18(2)8-7-9-19(3)23-10-11-24-22-16-26(33-20(4)30)29(32)17-21(31)12-15-28(29,6)25(22)13-14-27(23,24)5/h18-19,21-26,31-32H,7-17H2,1-6H3/t19-,21+,22+,23-,24+,25+,26-,27+,28+,29-/m1/s1. The quantitative estimate of drug-likeness (QED) is 0.466. The Balaban J connectivity index is 1.58. The molecule has 4 nitrogen and oxygen atoms in total. The maximum absolute atomic E-state index is 12.1. The molecule has 10 atom stereocenters. The zero-order valence-electron chi connectivity index (χ0n) is 22.1. The van der Waals surface area contributed by atoms with Crippen LogP contribution >= 0.6 is 0 Å². The van der Waals surface area contributed by atoms with E-state index in [9.17, 15) is 15.0 Å². The third-order valence-electron chi connectivity index (χ3n) is 11.3. The number of aliphatic hydroxyl groups is 2. The van der Waals surface area contributed by atoms with Gasteiger partial charge in [0.05, 0.1) is 6.10 Å². The zero-order valence-corrected chi connectivity index (χ0v) is 22.1. The van der Waals surface area contributed by atoms with Gasteiger partial charge in [-0.1, -0.05) is 53.9 Å². The molecule has 2 N–H and O–H groups in total. The number of fused-ring (bicyclic) bond motifs is 5. The molecule has 0 aromatic rings. The van der Waals surface area contributed by atoms with Crippen LogP contribution in [0.15, 0.2) is 0 Å². The van der Waals surface area contributed by atoms with Gasteiger partial charge in [0.1, 0.15) is 11.7 Å². The number of ether oxygens (including phenoxy) is 1. The lowest BCUT2D eigenvalue weighted by atomic mass is 9.42. The van der Waals surface area contributed by atoms with Crippen molar-refractivity contribution in [3.05, 3.63) is 0 Å². The fourth-order valence-electron chi connectivity index (χ4n) is 9.60. The van der Waals surface area contributed by atoms with Crippen molar-refractivity contribution in [2.75, 3.05) is 0 Å². The fourth-order valence-corrected chi connectivity index (χ4v) is 9.60. The molecular weight excluding hydrogens is 412 g/mol. The molecule has 4 rings (SSSR count). The molecule has 4 heteroatoms. The summed E-state index contributed by atoms with van der Waals surface area (Å²) < 4.78 is 5.86. The average Bonchev–Trinajstić information content (AvgIpc) is 3.07. The van der Waals surface area contributed by atoms with E-state index in [2.05, 4.69) is 34.6 Å². The summed E-state index contributed by atoms with van der Waals surface area (Å²) in [4.78, 5) is 12.1. The third kappa shape index (κ3) is 4.20. The molecule has 0 amide bonds. The Labute approximate surface area is 202 Å². The van der Waals surface area contributed by atoms with Gasteiger partial charge in [0.15, 0.2) is 0 Å². The van der Waals surface area contributed by atoms with E-state index in [1.807, 2.05) is 0 Å². The van der Waals surface area contributed by atoms with Crippen molar-refractivity contribution in [1.82, 2.24) is 0 Å². The molecule has 4 aliphatic rings. The lowest BCUT2D eigenvalue weighted by Crippen LogP contribution is -2.69. The van der Waals surface area contributed by atoms with E-state index in [0.717, 1.165) is 43.4 Å². The van der Waals surface area contributed by atoms with Crippen LogP contribution in [-0.2, 0) is 9.53 Å². The van der Waals surface area contributed by atoms with Gasteiger partial charge in [-0.2, -0.15) is 0 Å². The van der Waals surface area contributed by atoms with E-state index in [0.29, 0.717) is 29.6 Å². The van der Waals surface area contributed by atoms with Crippen LogP contribution in [0.1, 0.15) is 112 Å². The minimum absolute atomic E-state index is 0.294. The van der Waals surface area contributed by atoms with Gasteiger partial charge in [0.25, 0.3) is 0 Å². The summed E-state index contributed by atoms with van der Waals surface area (Å²) in [5, 5.41) is 22.5. The van der Waals surface area contributed by atoms with E-state index in [1.165, 1.54) is 45.4 Å². The zero-order chi connectivity index (χ0) is 24.2. The first-order valence-electron chi connectivity index (χ1n) is 14.0. The first-order chi connectivity index (χ1) is 15.4. The summed E-state index contributed by atoms with van der Waals surface area (Å²) in [5.74, 6) is 3.63. The summed E-state index contributed by atoms with van der Waals surface area (Å²) in [6, 6.07) is 0. The molecule has 0 aromatic heterocycles. The van der Waals surface area contributed by atoms with Crippen molar-refractivity contribution in [1.29, 1.82) is 0 Å². The van der Waals surface area contributed by atoms with Gasteiger partial charge in [-0.15, -0.1) is 0 Å². The van der Waals surface area contributed by atoms with Gasteiger partial charge in [0.2, 0.25) is 0 Å².